The molecular formula is C10H15N5. The van der Waals surface area contributed by atoms with Gasteiger partial charge in [-0.25, -0.2) is 0 Å². The largest absolute Gasteiger partial charge is 0.271 e. The number of rotatable bonds is 5. The van der Waals surface area contributed by atoms with Crippen LogP contribution in [0.3, 0.4) is 0 Å². The summed E-state index contributed by atoms with van der Waals surface area (Å²) in [6.45, 7) is 1.68. The highest BCUT2D eigenvalue weighted by Crippen LogP contribution is 2.07. The van der Waals surface area contributed by atoms with Crippen LogP contribution in [-0.4, -0.2) is 21.5 Å². The quantitative estimate of drug-likeness (QED) is 0.428. The van der Waals surface area contributed by atoms with Crippen molar-refractivity contribution in [3.05, 3.63) is 24.3 Å². The molecular weight excluding hydrogens is 190 g/mol. The molecule has 15 heavy (non-hydrogen) atoms. The van der Waals surface area contributed by atoms with Crippen molar-refractivity contribution in [2.75, 3.05) is 6.54 Å². The van der Waals surface area contributed by atoms with Crippen molar-refractivity contribution in [1.29, 1.82) is 0 Å². The summed E-state index contributed by atoms with van der Waals surface area (Å²) in [5.74, 6) is 5.18. The Kier molecular flexibility index (Phi) is 3.26. The van der Waals surface area contributed by atoms with Gasteiger partial charge in [0.1, 0.15) is 11.0 Å². The van der Waals surface area contributed by atoms with Crippen LogP contribution in [0.1, 0.15) is 12.8 Å². The number of fused-ring (bicyclic) bond motifs is 1. The maximum Gasteiger partial charge on any atom is 0.113 e. The maximum atomic E-state index is 5.18. The topological polar surface area (TPSA) is 68.8 Å². The Bertz CT molecular complexity index is 389. The van der Waals surface area contributed by atoms with Crippen LogP contribution in [0.4, 0.5) is 0 Å². The van der Waals surface area contributed by atoms with Crippen LogP contribution in [0.2, 0.25) is 0 Å². The van der Waals surface area contributed by atoms with Crippen LogP contribution in [0.25, 0.3) is 11.0 Å². The predicted molar refractivity (Wildman–Crippen MR) is 59.0 cm³/mol. The molecule has 5 heteroatoms. The minimum Gasteiger partial charge on any atom is -0.271 e. The number of aromatic nitrogens is 3. The van der Waals surface area contributed by atoms with E-state index in [9.17, 15) is 0 Å². The van der Waals surface area contributed by atoms with E-state index < -0.39 is 0 Å². The van der Waals surface area contributed by atoms with E-state index >= 15 is 0 Å². The number of aryl methyl sites for hydroxylation is 1. The van der Waals surface area contributed by atoms with Crippen molar-refractivity contribution in [2.45, 2.75) is 19.4 Å². The highest BCUT2D eigenvalue weighted by molar-refractivity contribution is 5.72. The monoisotopic (exact) mass is 205 g/mol. The molecule has 5 nitrogen and oxygen atoms in total. The fraction of sp³-hybridized carbons (Fsp3) is 0.400. The second-order valence-corrected chi connectivity index (χ2v) is 3.45. The smallest absolute Gasteiger partial charge is 0.113 e. The normalized spacial score (nSPS) is 11.0. The first-order valence-corrected chi connectivity index (χ1v) is 5.13. The van der Waals surface area contributed by atoms with E-state index in [1.807, 2.05) is 24.3 Å². The van der Waals surface area contributed by atoms with Crippen LogP contribution in [0.5, 0.6) is 0 Å². The molecule has 0 aliphatic rings. The number of hydrazine groups is 1. The van der Waals surface area contributed by atoms with Gasteiger partial charge < -0.3 is 0 Å². The van der Waals surface area contributed by atoms with Gasteiger partial charge in [0.05, 0.1) is 6.54 Å². The van der Waals surface area contributed by atoms with Gasteiger partial charge in [-0.1, -0.05) is 12.1 Å². The molecule has 2 rings (SSSR count). The standard InChI is InChI=1S/C10H15N5/c11-12-7-3-4-8-15-13-9-5-1-2-6-10(9)14-15/h1-2,5-6,12H,3-4,7-8,11H2. The van der Waals surface area contributed by atoms with E-state index in [0.29, 0.717) is 0 Å². The van der Waals surface area contributed by atoms with Crippen molar-refractivity contribution in [3.63, 3.8) is 0 Å². The van der Waals surface area contributed by atoms with Crippen molar-refractivity contribution in [1.82, 2.24) is 20.4 Å². The van der Waals surface area contributed by atoms with Gasteiger partial charge in [0.25, 0.3) is 0 Å². The third-order valence-electron chi connectivity index (χ3n) is 2.26. The molecule has 0 unspecified atom stereocenters. The van der Waals surface area contributed by atoms with E-state index in [1.165, 1.54) is 0 Å². The Morgan fingerprint density at radius 3 is 2.40 bits per heavy atom. The maximum absolute atomic E-state index is 5.18. The van der Waals surface area contributed by atoms with Gasteiger partial charge in [-0.2, -0.15) is 15.0 Å². The number of hydrogen-bond donors (Lipinski definition) is 2. The molecule has 0 aliphatic heterocycles. The first kappa shape index (κ1) is 10.1. The Balaban J connectivity index is 1.97. The Morgan fingerprint density at radius 1 is 1.13 bits per heavy atom. The Labute approximate surface area is 88.2 Å². The minimum absolute atomic E-state index is 0.834. The lowest BCUT2D eigenvalue weighted by atomic mass is 10.3. The Morgan fingerprint density at radius 2 is 1.80 bits per heavy atom. The fourth-order valence-corrected chi connectivity index (χ4v) is 1.48. The van der Waals surface area contributed by atoms with Gasteiger partial charge in [-0.05, 0) is 25.0 Å². The summed E-state index contributed by atoms with van der Waals surface area (Å²) in [6, 6.07) is 7.89. The van der Waals surface area contributed by atoms with Crippen LogP contribution >= 0.6 is 0 Å². The molecule has 1 aromatic heterocycles. The predicted octanol–water partition coefficient (Wildman–Crippen LogP) is 0.675. The zero-order valence-electron chi connectivity index (χ0n) is 8.56. The van der Waals surface area contributed by atoms with E-state index in [1.54, 1.807) is 4.80 Å². The molecule has 0 aliphatic carbocycles. The van der Waals surface area contributed by atoms with Crippen LogP contribution in [0.15, 0.2) is 24.3 Å². The first-order valence-electron chi connectivity index (χ1n) is 5.13. The molecule has 1 aromatic carbocycles. The van der Waals surface area contributed by atoms with Crippen molar-refractivity contribution in [2.24, 2.45) is 5.84 Å². The molecule has 2 aromatic rings. The number of hydrogen-bond acceptors (Lipinski definition) is 4. The van der Waals surface area contributed by atoms with Crippen LogP contribution in [-0.2, 0) is 6.54 Å². The second-order valence-electron chi connectivity index (χ2n) is 3.45. The van der Waals surface area contributed by atoms with Gasteiger partial charge >= 0.3 is 0 Å². The van der Waals surface area contributed by atoms with Gasteiger partial charge in [-0.15, -0.1) is 0 Å². The van der Waals surface area contributed by atoms with Gasteiger partial charge in [0, 0.05) is 6.54 Å². The summed E-state index contributed by atoms with van der Waals surface area (Å²) in [6.07, 6.45) is 2.07. The SMILES string of the molecule is NNCCCCn1nc2ccccc2n1. The zero-order chi connectivity index (χ0) is 10.5. The Hall–Kier alpha value is -1.46. The lowest BCUT2D eigenvalue weighted by Crippen LogP contribution is -2.23. The molecule has 0 amide bonds. The summed E-state index contributed by atoms with van der Waals surface area (Å²) < 4.78 is 0. The third kappa shape index (κ3) is 2.51. The number of nitrogens with one attached hydrogen (secondary N) is 1. The molecule has 80 valence electrons. The van der Waals surface area contributed by atoms with E-state index in [2.05, 4.69) is 15.6 Å². The molecule has 0 radical (unpaired) electrons. The molecule has 0 saturated carbocycles. The number of nitrogens with two attached hydrogens (primary N) is 1. The van der Waals surface area contributed by atoms with Crippen LogP contribution < -0.4 is 11.3 Å². The van der Waals surface area contributed by atoms with Crippen molar-refractivity contribution >= 4 is 11.0 Å². The minimum atomic E-state index is 0.834. The molecule has 0 fully saturated rings. The lowest BCUT2D eigenvalue weighted by molar-refractivity contribution is 0.496. The lowest BCUT2D eigenvalue weighted by Gasteiger charge is -1.98. The molecule has 0 bridgehead atoms. The molecule has 0 atom stereocenters. The molecule has 3 N–H and O–H groups in total. The van der Waals surface area contributed by atoms with Gasteiger partial charge in [-0.3, -0.25) is 11.3 Å². The van der Waals surface area contributed by atoms with Crippen molar-refractivity contribution < 1.29 is 0 Å². The van der Waals surface area contributed by atoms with E-state index in [0.717, 1.165) is 37.0 Å². The number of unbranched alkanes of at least 4 members (excludes halogenated alkanes) is 1. The summed E-state index contributed by atoms with van der Waals surface area (Å²) in [5, 5.41) is 8.73. The number of nitrogens with zero attached hydrogens (tertiary/aromatic N) is 3. The van der Waals surface area contributed by atoms with E-state index in [-0.39, 0.29) is 0 Å². The van der Waals surface area contributed by atoms with Gasteiger partial charge in [0.15, 0.2) is 0 Å². The highest BCUT2D eigenvalue weighted by atomic mass is 15.5. The number of benzene rings is 1. The van der Waals surface area contributed by atoms with Gasteiger partial charge in [0.2, 0.25) is 0 Å². The van der Waals surface area contributed by atoms with E-state index in [4.69, 9.17) is 5.84 Å². The highest BCUT2D eigenvalue weighted by Gasteiger charge is 1.99. The summed E-state index contributed by atoms with van der Waals surface area (Å²) in [7, 11) is 0. The fourth-order valence-electron chi connectivity index (χ4n) is 1.48. The summed E-state index contributed by atoms with van der Waals surface area (Å²) in [5.41, 5.74) is 4.54. The van der Waals surface area contributed by atoms with Crippen LogP contribution in [0, 0.1) is 0 Å². The first-order chi connectivity index (χ1) is 7.40. The average Bonchev–Trinajstić information content (AvgIpc) is 2.67. The van der Waals surface area contributed by atoms with Crippen molar-refractivity contribution in [3.8, 4) is 0 Å². The zero-order valence-corrected chi connectivity index (χ0v) is 8.56. The molecule has 1 heterocycles. The summed E-state index contributed by atoms with van der Waals surface area (Å²) in [4.78, 5) is 1.75. The summed E-state index contributed by atoms with van der Waals surface area (Å²) >= 11 is 0. The second kappa shape index (κ2) is 4.86. The molecule has 0 saturated heterocycles. The molecule has 0 spiro atoms. The average molecular weight is 205 g/mol. The third-order valence-corrected chi connectivity index (χ3v) is 2.26.